The summed E-state index contributed by atoms with van der Waals surface area (Å²) < 4.78 is 8.03. The van der Waals surface area contributed by atoms with Gasteiger partial charge in [0.1, 0.15) is 11.5 Å². The predicted molar refractivity (Wildman–Crippen MR) is 106 cm³/mol. The summed E-state index contributed by atoms with van der Waals surface area (Å²) in [7, 11) is 1.67. The molecule has 0 unspecified atom stereocenters. The Balaban J connectivity index is 1.90. The molecule has 1 aromatic carbocycles. The Morgan fingerprint density at radius 1 is 1.19 bits per heavy atom. The van der Waals surface area contributed by atoms with Gasteiger partial charge in [0.25, 0.3) is 0 Å². The quantitative estimate of drug-likeness (QED) is 0.683. The highest BCUT2D eigenvalue weighted by Gasteiger charge is 2.22. The molecule has 142 valence electrons. The standard InChI is InChI=1S/C19H21N3O4S/c1-5-26-18(24)16-11(2)12(3)27-17(16)20-15(23)10-22-14-9-7-6-8-13(14)21(4)19(22)25/h6-9H,5,10H2,1-4H3,(H,20,23). The number of carbonyl (C=O) groups excluding carboxylic acids is 2. The lowest BCUT2D eigenvalue weighted by molar-refractivity contribution is -0.116. The molecule has 1 N–H and O–H groups in total. The van der Waals surface area contributed by atoms with Crippen molar-refractivity contribution in [1.29, 1.82) is 0 Å². The molecule has 0 aliphatic rings. The summed E-state index contributed by atoms with van der Waals surface area (Å²) in [5, 5.41) is 3.22. The van der Waals surface area contributed by atoms with Gasteiger partial charge in [0, 0.05) is 11.9 Å². The molecule has 7 nitrogen and oxygen atoms in total. The number of nitrogens with zero attached hydrogens (tertiary/aromatic N) is 2. The first-order valence-electron chi connectivity index (χ1n) is 8.56. The van der Waals surface area contributed by atoms with E-state index in [4.69, 9.17) is 4.74 Å². The molecule has 3 aromatic rings. The number of anilines is 1. The van der Waals surface area contributed by atoms with Crippen molar-refractivity contribution in [3.8, 4) is 0 Å². The predicted octanol–water partition coefficient (Wildman–Crippen LogP) is 2.83. The maximum Gasteiger partial charge on any atom is 0.341 e. The van der Waals surface area contributed by atoms with E-state index < -0.39 is 5.97 Å². The van der Waals surface area contributed by atoms with Crippen LogP contribution in [0.15, 0.2) is 29.1 Å². The number of para-hydroxylation sites is 2. The summed E-state index contributed by atoms with van der Waals surface area (Å²) in [6.07, 6.45) is 0. The number of aryl methyl sites for hydroxylation is 2. The third-order valence-corrected chi connectivity index (χ3v) is 5.59. The highest BCUT2D eigenvalue weighted by Crippen LogP contribution is 2.33. The van der Waals surface area contributed by atoms with Crippen molar-refractivity contribution in [2.24, 2.45) is 7.05 Å². The number of imidazole rings is 1. The van der Waals surface area contributed by atoms with E-state index >= 15 is 0 Å². The Hall–Kier alpha value is -2.87. The number of ether oxygens (including phenoxy) is 1. The molecule has 2 heterocycles. The number of fused-ring (bicyclic) bond motifs is 1. The van der Waals surface area contributed by atoms with Gasteiger partial charge in [-0.2, -0.15) is 0 Å². The third kappa shape index (κ3) is 3.40. The van der Waals surface area contributed by atoms with Gasteiger partial charge < -0.3 is 10.1 Å². The Morgan fingerprint density at radius 2 is 1.85 bits per heavy atom. The van der Waals surface area contributed by atoms with Gasteiger partial charge >= 0.3 is 11.7 Å². The third-order valence-electron chi connectivity index (χ3n) is 4.47. The van der Waals surface area contributed by atoms with Crippen LogP contribution in [0.2, 0.25) is 0 Å². The fourth-order valence-corrected chi connectivity index (χ4v) is 4.05. The fraction of sp³-hybridized carbons (Fsp3) is 0.316. The second-order valence-electron chi connectivity index (χ2n) is 6.17. The number of rotatable bonds is 5. The lowest BCUT2D eigenvalue weighted by Gasteiger charge is -2.08. The van der Waals surface area contributed by atoms with Crippen LogP contribution in [0, 0.1) is 13.8 Å². The number of carbonyl (C=O) groups is 2. The number of esters is 1. The summed E-state index contributed by atoms with van der Waals surface area (Å²) in [5.74, 6) is -0.836. The molecule has 0 atom stereocenters. The van der Waals surface area contributed by atoms with Gasteiger partial charge in [-0.05, 0) is 38.5 Å². The van der Waals surface area contributed by atoms with Crippen LogP contribution < -0.4 is 11.0 Å². The molecule has 0 aliphatic carbocycles. The lowest BCUT2D eigenvalue weighted by atomic mass is 10.1. The van der Waals surface area contributed by atoms with Gasteiger partial charge in [0.2, 0.25) is 5.91 Å². The maximum absolute atomic E-state index is 12.6. The van der Waals surface area contributed by atoms with E-state index in [2.05, 4.69) is 5.32 Å². The average Bonchev–Trinajstić information content (AvgIpc) is 3.04. The van der Waals surface area contributed by atoms with E-state index in [1.165, 1.54) is 20.5 Å². The van der Waals surface area contributed by atoms with Crippen molar-refractivity contribution in [1.82, 2.24) is 9.13 Å². The molecule has 1 amide bonds. The van der Waals surface area contributed by atoms with Crippen LogP contribution in [0.3, 0.4) is 0 Å². The molecular formula is C19H21N3O4S. The average molecular weight is 387 g/mol. The van der Waals surface area contributed by atoms with Crippen LogP contribution in [0.4, 0.5) is 5.00 Å². The molecule has 0 radical (unpaired) electrons. The van der Waals surface area contributed by atoms with E-state index in [-0.39, 0.29) is 24.7 Å². The van der Waals surface area contributed by atoms with Crippen molar-refractivity contribution in [2.45, 2.75) is 27.3 Å². The monoisotopic (exact) mass is 387 g/mol. The Morgan fingerprint density at radius 3 is 2.52 bits per heavy atom. The molecule has 2 aromatic heterocycles. The minimum Gasteiger partial charge on any atom is -0.462 e. The van der Waals surface area contributed by atoms with Crippen LogP contribution in [0.25, 0.3) is 11.0 Å². The molecule has 0 saturated carbocycles. The molecule has 0 aliphatic heterocycles. The van der Waals surface area contributed by atoms with Crippen molar-refractivity contribution in [3.05, 3.63) is 50.8 Å². The molecule has 3 rings (SSSR count). The summed E-state index contributed by atoms with van der Waals surface area (Å²) >= 11 is 1.32. The molecule has 8 heteroatoms. The normalized spacial score (nSPS) is 11.0. The van der Waals surface area contributed by atoms with Crippen molar-refractivity contribution in [3.63, 3.8) is 0 Å². The number of hydrogen-bond donors (Lipinski definition) is 1. The number of hydrogen-bond acceptors (Lipinski definition) is 5. The van der Waals surface area contributed by atoms with E-state index in [1.807, 2.05) is 32.0 Å². The first kappa shape index (κ1) is 18.9. The van der Waals surface area contributed by atoms with Gasteiger partial charge in [-0.3, -0.25) is 13.9 Å². The number of amides is 1. The molecule has 0 fully saturated rings. The smallest absolute Gasteiger partial charge is 0.341 e. The number of thiophene rings is 1. The largest absolute Gasteiger partial charge is 0.462 e. The minimum absolute atomic E-state index is 0.140. The van der Waals surface area contributed by atoms with Crippen LogP contribution in [-0.4, -0.2) is 27.6 Å². The van der Waals surface area contributed by atoms with Gasteiger partial charge in [-0.1, -0.05) is 12.1 Å². The molecule has 0 spiro atoms. The zero-order chi connectivity index (χ0) is 19.7. The van der Waals surface area contributed by atoms with Crippen molar-refractivity contribution in [2.75, 3.05) is 11.9 Å². The maximum atomic E-state index is 12.6. The lowest BCUT2D eigenvalue weighted by Crippen LogP contribution is -2.28. The number of benzene rings is 1. The van der Waals surface area contributed by atoms with Gasteiger partial charge in [0.05, 0.1) is 23.2 Å². The Kier molecular flexibility index (Phi) is 5.18. The first-order chi connectivity index (χ1) is 12.8. The van der Waals surface area contributed by atoms with Gasteiger partial charge in [-0.25, -0.2) is 9.59 Å². The van der Waals surface area contributed by atoms with Crippen molar-refractivity contribution >= 4 is 39.2 Å². The first-order valence-corrected chi connectivity index (χ1v) is 9.38. The van der Waals surface area contributed by atoms with E-state index in [0.717, 1.165) is 16.0 Å². The van der Waals surface area contributed by atoms with Crippen LogP contribution >= 0.6 is 11.3 Å². The topological polar surface area (TPSA) is 82.3 Å². The minimum atomic E-state index is -0.461. The van der Waals surface area contributed by atoms with Gasteiger partial charge in [0.15, 0.2) is 0 Å². The van der Waals surface area contributed by atoms with E-state index in [0.29, 0.717) is 16.1 Å². The second kappa shape index (κ2) is 7.40. The number of aromatic nitrogens is 2. The van der Waals surface area contributed by atoms with Crippen molar-refractivity contribution < 1.29 is 14.3 Å². The number of nitrogens with one attached hydrogen (secondary N) is 1. The highest BCUT2D eigenvalue weighted by atomic mass is 32.1. The Labute approximate surface area is 160 Å². The molecule has 0 saturated heterocycles. The summed E-state index contributed by atoms with van der Waals surface area (Å²) in [5.41, 5.74) is 2.33. The van der Waals surface area contributed by atoms with E-state index in [9.17, 15) is 14.4 Å². The summed E-state index contributed by atoms with van der Waals surface area (Å²) in [6, 6.07) is 7.29. The van der Waals surface area contributed by atoms with Crippen LogP contribution in [0.1, 0.15) is 27.7 Å². The Bertz CT molecular complexity index is 1090. The molecular weight excluding hydrogens is 366 g/mol. The zero-order valence-electron chi connectivity index (χ0n) is 15.7. The SMILES string of the molecule is CCOC(=O)c1c(NC(=O)Cn2c(=O)n(C)c3ccccc32)sc(C)c1C. The molecule has 27 heavy (non-hydrogen) atoms. The summed E-state index contributed by atoms with van der Waals surface area (Å²) in [4.78, 5) is 38.3. The second-order valence-corrected chi connectivity index (χ2v) is 7.40. The fourth-order valence-electron chi connectivity index (χ4n) is 2.99. The van der Waals surface area contributed by atoms with Crippen LogP contribution in [-0.2, 0) is 23.1 Å². The summed E-state index contributed by atoms with van der Waals surface area (Å²) in [6.45, 7) is 5.55. The zero-order valence-corrected chi connectivity index (χ0v) is 16.5. The van der Waals surface area contributed by atoms with Crippen LogP contribution in [0.5, 0.6) is 0 Å². The molecule has 0 bridgehead atoms. The van der Waals surface area contributed by atoms with Gasteiger partial charge in [-0.15, -0.1) is 11.3 Å². The highest BCUT2D eigenvalue weighted by molar-refractivity contribution is 7.16. The van der Waals surface area contributed by atoms with E-state index in [1.54, 1.807) is 20.0 Å².